The summed E-state index contributed by atoms with van der Waals surface area (Å²) in [4.78, 5) is 0. The Morgan fingerprint density at radius 2 is 1.80 bits per heavy atom. The fourth-order valence-electron chi connectivity index (χ4n) is 0.744. The van der Waals surface area contributed by atoms with Crippen molar-refractivity contribution in [3.63, 3.8) is 0 Å². The standard InChI is InChI=1S/C7H10.C2H6.H3N/c1-7-5-3-2-4-6-7;1-2;/h3,5-6H,2,4H2,1H3;1-2H3;1H3. The number of rotatable bonds is 0. The van der Waals surface area contributed by atoms with Crippen LogP contribution in [0.2, 0.25) is 0 Å². The van der Waals surface area contributed by atoms with Crippen LogP contribution in [0.3, 0.4) is 0 Å². The normalized spacial score (nSPS) is 14.1. The van der Waals surface area contributed by atoms with Gasteiger partial charge in [-0.15, -0.1) is 0 Å². The number of hydrogen-bond acceptors (Lipinski definition) is 1. The van der Waals surface area contributed by atoms with E-state index in [1.54, 1.807) is 0 Å². The van der Waals surface area contributed by atoms with Gasteiger partial charge in [-0.25, -0.2) is 0 Å². The summed E-state index contributed by atoms with van der Waals surface area (Å²) in [6.45, 7) is 6.13. The summed E-state index contributed by atoms with van der Waals surface area (Å²) in [5, 5.41) is 0. The smallest absolute Gasteiger partial charge is 0.0310 e. The summed E-state index contributed by atoms with van der Waals surface area (Å²) < 4.78 is 0. The van der Waals surface area contributed by atoms with Crippen LogP contribution in [0.15, 0.2) is 23.8 Å². The predicted molar refractivity (Wildman–Crippen MR) is 48.5 cm³/mol. The van der Waals surface area contributed by atoms with Crippen LogP contribution in [-0.4, -0.2) is 0 Å². The average Bonchev–Trinajstić information content (AvgIpc) is 1.94. The number of hydrogen-bond donors (Lipinski definition) is 1. The maximum Gasteiger partial charge on any atom is -0.0310 e. The minimum atomic E-state index is 0. The molecule has 0 saturated heterocycles. The van der Waals surface area contributed by atoms with E-state index >= 15 is 0 Å². The van der Waals surface area contributed by atoms with Crippen molar-refractivity contribution in [2.24, 2.45) is 0 Å². The van der Waals surface area contributed by atoms with Gasteiger partial charge >= 0.3 is 0 Å². The Hall–Kier alpha value is -0.560. The molecule has 0 bridgehead atoms. The Balaban J connectivity index is 0. The predicted octanol–water partition coefficient (Wildman–Crippen LogP) is 3.47. The van der Waals surface area contributed by atoms with Gasteiger partial charge in [-0.3, -0.25) is 0 Å². The van der Waals surface area contributed by atoms with Gasteiger partial charge in [0.05, 0.1) is 0 Å². The van der Waals surface area contributed by atoms with E-state index < -0.39 is 0 Å². The maximum absolute atomic E-state index is 2.26. The van der Waals surface area contributed by atoms with Crippen molar-refractivity contribution in [2.45, 2.75) is 33.6 Å². The monoisotopic (exact) mass is 141 g/mol. The molecule has 1 heteroatoms. The van der Waals surface area contributed by atoms with Gasteiger partial charge < -0.3 is 6.15 Å². The fourth-order valence-corrected chi connectivity index (χ4v) is 0.744. The molecule has 1 aliphatic carbocycles. The molecule has 1 aliphatic rings. The van der Waals surface area contributed by atoms with Crippen LogP contribution in [0.1, 0.15) is 33.6 Å². The molecule has 0 fully saturated rings. The average molecular weight is 141 g/mol. The highest BCUT2D eigenvalue weighted by atomic mass is 14.0. The zero-order chi connectivity index (χ0) is 7.11. The molecule has 3 N–H and O–H groups in total. The lowest BCUT2D eigenvalue weighted by atomic mass is 10.1. The first-order valence-electron chi connectivity index (χ1n) is 3.73. The molecule has 0 saturated carbocycles. The van der Waals surface area contributed by atoms with Crippen molar-refractivity contribution in [1.82, 2.24) is 6.15 Å². The van der Waals surface area contributed by atoms with Crippen molar-refractivity contribution in [2.75, 3.05) is 0 Å². The molecule has 0 heterocycles. The van der Waals surface area contributed by atoms with E-state index in [1.165, 1.54) is 18.4 Å². The van der Waals surface area contributed by atoms with Crippen LogP contribution >= 0.6 is 0 Å². The van der Waals surface area contributed by atoms with Crippen LogP contribution < -0.4 is 6.15 Å². The van der Waals surface area contributed by atoms with Crippen LogP contribution in [0, 0.1) is 0 Å². The molecule has 10 heavy (non-hydrogen) atoms. The largest absolute Gasteiger partial charge is 0.344 e. The molecule has 0 radical (unpaired) electrons. The Morgan fingerprint density at radius 3 is 2.00 bits per heavy atom. The van der Waals surface area contributed by atoms with Crippen molar-refractivity contribution < 1.29 is 0 Å². The summed E-state index contributed by atoms with van der Waals surface area (Å²) >= 11 is 0. The first kappa shape index (κ1) is 12.1. The van der Waals surface area contributed by atoms with Gasteiger partial charge in [0, 0.05) is 0 Å². The van der Waals surface area contributed by atoms with Gasteiger partial charge in [-0.05, 0) is 19.8 Å². The fraction of sp³-hybridized carbons (Fsp3) is 0.556. The van der Waals surface area contributed by atoms with Gasteiger partial charge in [0.25, 0.3) is 0 Å². The van der Waals surface area contributed by atoms with Crippen molar-refractivity contribution in [1.29, 1.82) is 0 Å². The van der Waals surface area contributed by atoms with Crippen LogP contribution in [0.25, 0.3) is 0 Å². The van der Waals surface area contributed by atoms with Crippen LogP contribution in [0.5, 0.6) is 0 Å². The zero-order valence-electron chi connectivity index (χ0n) is 7.35. The lowest BCUT2D eigenvalue weighted by Gasteiger charge is -1.96. The number of allylic oxidation sites excluding steroid dienone is 4. The van der Waals surface area contributed by atoms with E-state index in [-0.39, 0.29) is 6.15 Å². The molecular weight excluding hydrogens is 122 g/mol. The summed E-state index contributed by atoms with van der Waals surface area (Å²) in [5.74, 6) is 0. The Kier molecular flexibility index (Phi) is 10.3. The lowest BCUT2D eigenvalue weighted by molar-refractivity contribution is 1.02. The van der Waals surface area contributed by atoms with Gasteiger partial charge in [-0.2, -0.15) is 0 Å². The van der Waals surface area contributed by atoms with Gasteiger partial charge in [0.2, 0.25) is 0 Å². The minimum absolute atomic E-state index is 0. The second kappa shape index (κ2) is 8.44. The van der Waals surface area contributed by atoms with E-state index in [2.05, 4.69) is 25.2 Å². The molecule has 0 unspecified atom stereocenters. The van der Waals surface area contributed by atoms with Gasteiger partial charge in [0.1, 0.15) is 0 Å². The molecule has 0 spiro atoms. The van der Waals surface area contributed by atoms with Crippen molar-refractivity contribution in [3.8, 4) is 0 Å². The highest BCUT2D eigenvalue weighted by molar-refractivity contribution is 5.18. The molecule has 1 rings (SSSR count). The first-order chi connectivity index (χ1) is 4.39. The summed E-state index contributed by atoms with van der Waals surface area (Å²) in [5.41, 5.74) is 1.41. The lowest BCUT2D eigenvalue weighted by Crippen LogP contribution is -1.76. The molecule has 0 amide bonds. The van der Waals surface area contributed by atoms with Gasteiger partial charge in [-0.1, -0.05) is 37.6 Å². The molecule has 0 atom stereocenters. The van der Waals surface area contributed by atoms with Gasteiger partial charge in [0.15, 0.2) is 0 Å². The summed E-state index contributed by atoms with van der Waals surface area (Å²) in [7, 11) is 0. The Bertz CT molecular complexity index is 112. The minimum Gasteiger partial charge on any atom is -0.344 e. The molecule has 0 aromatic carbocycles. The highest BCUT2D eigenvalue weighted by Crippen LogP contribution is 2.06. The van der Waals surface area contributed by atoms with E-state index in [1.807, 2.05) is 13.8 Å². The topological polar surface area (TPSA) is 35.0 Å². The second-order valence-electron chi connectivity index (χ2n) is 1.93. The third kappa shape index (κ3) is 5.57. The molecule has 0 aromatic heterocycles. The second-order valence-corrected chi connectivity index (χ2v) is 1.93. The van der Waals surface area contributed by atoms with E-state index in [0.717, 1.165) is 0 Å². The summed E-state index contributed by atoms with van der Waals surface area (Å²) in [6.07, 6.45) is 9.12. The molecule has 1 nitrogen and oxygen atoms in total. The summed E-state index contributed by atoms with van der Waals surface area (Å²) in [6, 6.07) is 0. The van der Waals surface area contributed by atoms with Crippen molar-refractivity contribution in [3.05, 3.63) is 23.8 Å². The molecular formula is C9H19N. The van der Waals surface area contributed by atoms with E-state index in [0.29, 0.717) is 0 Å². The molecule has 60 valence electrons. The SMILES string of the molecule is CC.CC1=CCCC=C1.N. The molecule has 0 aliphatic heterocycles. The highest BCUT2D eigenvalue weighted by Gasteiger charge is 1.86. The zero-order valence-corrected chi connectivity index (χ0v) is 7.35. The van der Waals surface area contributed by atoms with Crippen LogP contribution in [0.4, 0.5) is 0 Å². The molecule has 0 aromatic rings. The van der Waals surface area contributed by atoms with Crippen molar-refractivity contribution >= 4 is 0 Å². The third-order valence-corrected chi connectivity index (χ3v) is 1.18. The third-order valence-electron chi connectivity index (χ3n) is 1.18. The Labute approximate surface area is 64.4 Å². The van der Waals surface area contributed by atoms with E-state index in [9.17, 15) is 0 Å². The quantitative estimate of drug-likeness (QED) is 0.550. The van der Waals surface area contributed by atoms with E-state index in [4.69, 9.17) is 0 Å². The first-order valence-corrected chi connectivity index (χ1v) is 3.73. The maximum atomic E-state index is 2.26. The Morgan fingerprint density at radius 1 is 1.20 bits per heavy atom. The van der Waals surface area contributed by atoms with Crippen LogP contribution in [-0.2, 0) is 0 Å².